The molecule has 3 rings (SSSR count). The van der Waals surface area contributed by atoms with Gasteiger partial charge in [-0.05, 0) is 51.8 Å². The lowest BCUT2D eigenvalue weighted by molar-refractivity contribution is 0.0922. The van der Waals surface area contributed by atoms with E-state index >= 15 is 0 Å². The van der Waals surface area contributed by atoms with Crippen LogP contribution in [-0.2, 0) is 6.54 Å². The second kappa shape index (κ2) is 5.97. The van der Waals surface area contributed by atoms with Gasteiger partial charge < -0.3 is 9.73 Å². The van der Waals surface area contributed by atoms with Gasteiger partial charge in [-0.2, -0.15) is 5.10 Å². The number of carbonyl (C=O) groups excluding carboxylic acids is 1. The number of hydrogen-bond donors (Lipinski definition) is 1. The quantitative estimate of drug-likeness (QED) is 0.789. The second-order valence-corrected chi connectivity index (χ2v) is 5.19. The van der Waals surface area contributed by atoms with Gasteiger partial charge in [0.2, 0.25) is 0 Å². The summed E-state index contributed by atoms with van der Waals surface area (Å²) >= 11 is 3.17. The predicted octanol–water partition coefficient (Wildman–Crippen LogP) is 3.16. The molecule has 3 aromatic rings. The Morgan fingerprint density at radius 1 is 1.24 bits per heavy atom. The Bertz CT molecular complexity index is 733. The lowest BCUT2D eigenvalue weighted by Gasteiger charge is -2.05. The molecule has 1 aromatic carbocycles. The van der Waals surface area contributed by atoms with Crippen molar-refractivity contribution in [1.82, 2.24) is 15.1 Å². The van der Waals surface area contributed by atoms with Gasteiger partial charge >= 0.3 is 0 Å². The zero-order valence-corrected chi connectivity index (χ0v) is 12.6. The largest absolute Gasteiger partial charge is 0.444 e. The highest BCUT2D eigenvalue weighted by molar-refractivity contribution is 9.10. The van der Waals surface area contributed by atoms with E-state index in [0.29, 0.717) is 11.2 Å². The van der Waals surface area contributed by atoms with Crippen LogP contribution in [-0.4, -0.2) is 15.7 Å². The minimum atomic E-state index is -0.239. The standard InChI is InChI=1S/C15H12BrN3O2/c16-14-7-6-13(21-14)15(20)17-10-11-2-4-12(5-3-11)19-9-1-8-18-19/h1-9H,10H2,(H,17,20). The molecule has 0 bridgehead atoms. The van der Waals surface area contributed by atoms with Crippen LogP contribution in [0, 0.1) is 0 Å². The number of aromatic nitrogens is 2. The molecule has 0 radical (unpaired) electrons. The second-order valence-electron chi connectivity index (χ2n) is 4.40. The summed E-state index contributed by atoms with van der Waals surface area (Å²) in [6.45, 7) is 0.441. The molecule has 0 saturated heterocycles. The number of nitrogens with zero attached hydrogens (tertiary/aromatic N) is 2. The number of amides is 1. The molecule has 0 atom stereocenters. The Labute approximate surface area is 129 Å². The molecule has 0 fully saturated rings. The fraction of sp³-hybridized carbons (Fsp3) is 0.0667. The summed E-state index contributed by atoms with van der Waals surface area (Å²) in [6, 6.07) is 13.0. The average Bonchev–Trinajstić information content (AvgIpc) is 3.16. The summed E-state index contributed by atoms with van der Waals surface area (Å²) in [5.41, 5.74) is 1.98. The summed E-state index contributed by atoms with van der Waals surface area (Å²) in [5.74, 6) is 0.0480. The normalized spacial score (nSPS) is 10.5. The van der Waals surface area contributed by atoms with E-state index in [1.54, 1.807) is 23.0 Å². The van der Waals surface area contributed by atoms with Crippen LogP contribution in [0.15, 0.2) is 63.9 Å². The SMILES string of the molecule is O=C(NCc1ccc(-n2cccn2)cc1)c1ccc(Br)o1. The predicted molar refractivity (Wildman–Crippen MR) is 81.1 cm³/mol. The van der Waals surface area contributed by atoms with Crippen molar-refractivity contribution in [3.05, 3.63) is 70.9 Å². The third kappa shape index (κ3) is 3.22. The molecule has 1 N–H and O–H groups in total. The third-order valence-electron chi connectivity index (χ3n) is 2.96. The van der Waals surface area contributed by atoms with Crippen LogP contribution < -0.4 is 5.32 Å². The van der Waals surface area contributed by atoms with Crippen molar-refractivity contribution >= 4 is 21.8 Å². The maximum Gasteiger partial charge on any atom is 0.287 e. The Kier molecular flexibility index (Phi) is 3.87. The number of hydrogen-bond acceptors (Lipinski definition) is 3. The first-order chi connectivity index (χ1) is 10.2. The van der Waals surface area contributed by atoms with Crippen molar-refractivity contribution in [2.75, 3.05) is 0 Å². The number of carbonyl (C=O) groups is 1. The molecule has 0 aliphatic carbocycles. The number of benzene rings is 1. The van der Waals surface area contributed by atoms with E-state index in [0.717, 1.165) is 11.3 Å². The van der Waals surface area contributed by atoms with Gasteiger partial charge in [-0.1, -0.05) is 12.1 Å². The van der Waals surface area contributed by atoms with E-state index in [1.165, 1.54) is 0 Å². The number of rotatable bonds is 4. The lowest BCUT2D eigenvalue weighted by Crippen LogP contribution is -2.22. The Morgan fingerprint density at radius 2 is 2.05 bits per heavy atom. The van der Waals surface area contributed by atoms with Crippen LogP contribution in [0.2, 0.25) is 0 Å². The first-order valence-electron chi connectivity index (χ1n) is 6.35. The van der Waals surface area contributed by atoms with Crippen molar-refractivity contribution in [3.63, 3.8) is 0 Å². The van der Waals surface area contributed by atoms with E-state index in [1.807, 2.05) is 36.5 Å². The van der Waals surface area contributed by atoms with Crippen LogP contribution in [0.4, 0.5) is 0 Å². The maximum absolute atomic E-state index is 11.8. The molecule has 2 heterocycles. The van der Waals surface area contributed by atoms with Gasteiger partial charge in [-0.25, -0.2) is 4.68 Å². The summed E-state index contributed by atoms with van der Waals surface area (Å²) in [6.07, 6.45) is 3.61. The molecule has 2 aromatic heterocycles. The molecule has 6 heteroatoms. The van der Waals surface area contributed by atoms with Crippen molar-refractivity contribution in [1.29, 1.82) is 0 Å². The summed E-state index contributed by atoms with van der Waals surface area (Å²) in [7, 11) is 0. The van der Waals surface area contributed by atoms with E-state index in [2.05, 4.69) is 26.3 Å². The lowest BCUT2D eigenvalue weighted by atomic mass is 10.2. The van der Waals surface area contributed by atoms with Crippen molar-refractivity contribution in [2.45, 2.75) is 6.54 Å². The van der Waals surface area contributed by atoms with Crippen molar-refractivity contribution in [3.8, 4) is 5.69 Å². The van der Waals surface area contributed by atoms with Gasteiger partial charge in [0.15, 0.2) is 10.4 Å². The first-order valence-corrected chi connectivity index (χ1v) is 7.14. The fourth-order valence-corrected chi connectivity index (χ4v) is 2.20. The van der Waals surface area contributed by atoms with Crippen LogP contribution in [0.3, 0.4) is 0 Å². The Balaban J connectivity index is 1.62. The Morgan fingerprint density at radius 3 is 2.67 bits per heavy atom. The van der Waals surface area contributed by atoms with E-state index in [-0.39, 0.29) is 11.7 Å². The highest BCUT2D eigenvalue weighted by Crippen LogP contribution is 2.14. The molecule has 0 spiro atoms. The number of nitrogens with one attached hydrogen (secondary N) is 1. The van der Waals surface area contributed by atoms with Crippen LogP contribution >= 0.6 is 15.9 Å². The van der Waals surface area contributed by atoms with Crippen LogP contribution in [0.1, 0.15) is 16.1 Å². The van der Waals surface area contributed by atoms with E-state index in [9.17, 15) is 4.79 Å². The third-order valence-corrected chi connectivity index (χ3v) is 3.38. The molecule has 0 aliphatic rings. The first kappa shape index (κ1) is 13.6. The van der Waals surface area contributed by atoms with Crippen LogP contribution in [0.25, 0.3) is 5.69 Å². The van der Waals surface area contributed by atoms with Crippen molar-refractivity contribution in [2.24, 2.45) is 0 Å². The molecule has 0 aliphatic heterocycles. The molecule has 106 valence electrons. The van der Waals surface area contributed by atoms with Gasteiger partial charge in [0.05, 0.1) is 5.69 Å². The van der Waals surface area contributed by atoms with Gasteiger partial charge in [-0.15, -0.1) is 0 Å². The zero-order valence-electron chi connectivity index (χ0n) is 11.0. The van der Waals surface area contributed by atoms with E-state index < -0.39 is 0 Å². The summed E-state index contributed by atoms with van der Waals surface area (Å²) < 4.78 is 7.51. The van der Waals surface area contributed by atoms with Crippen molar-refractivity contribution < 1.29 is 9.21 Å². The molecule has 1 amide bonds. The highest BCUT2D eigenvalue weighted by atomic mass is 79.9. The minimum absolute atomic E-state index is 0.239. The molecule has 0 unspecified atom stereocenters. The molecule has 21 heavy (non-hydrogen) atoms. The van der Waals surface area contributed by atoms with E-state index in [4.69, 9.17) is 4.42 Å². The number of furan rings is 1. The highest BCUT2D eigenvalue weighted by Gasteiger charge is 2.09. The summed E-state index contributed by atoms with van der Waals surface area (Å²) in [4.78, 5) is 11.8. The zero-order chi connectivity index (χ0) is 14.7. The number of halogens is 1. The maximum atomic E-state index is 11.8. The Hall–Kier alpha value is -2.34. The molecule has 5 nitrogen and oxygen atoms in total. The van der Waals surface area contributed by atoms with Gasteiger partial charge in [0.25, 0.3) is 5.91 Å². The topological polar surface area (TPSA) is 60.1 Å². The fourth-order valence-electron chi connectivity index (χ4n) is 1.89. The minimum Gasteiger partial charge on any atom is -0.444 e. The average molecular weight is 346 g/mol. The monoisotopic (exact) mass is 345 g/mol. The van der Waals surface area contributed by atoms with Gasteiger partial charge in [0, 0.05) is 18.9 Å². The smallest absolute Gasteiger partial charge is 0.287 e. The van der Waals surface area contributed by atoms with Gasteiger partial charge in [-0.3, -0.25) is 4.79 Å². The molecule has 0 saturated carbocycles. The molecular formula is C15H12BrN3O2. The summed E-state index contributed by atoms with van der Waals surface area (Å²) in [5, 5.41) is 6.97. The molecular weight excluding hydrogens is 334 g/mol. The van der Waals surface area contributed by atoms with Gasteiger partial charge in [0.1, 0.15) is 0 Å². The van der Waals surface area contributed by atoms with Crippen LogP contribution in [0.5, 0.6) is 0 Å².